The van der Waals surface area contributed by atoms with E-state index in [4.69, 9.17) is 0 Å². The summed E-state index contributed by atoms with van der Waals surface area (Å²) in [5.74, 6) is 0.597. The summed E-state index contributed by atoms with van der Waals surface area (Å²) in [6.07, 6.45) is 4.62. The van der Waals surface area contributed by atoms with Crippen molar-refractivity contribution in [1.82, 2.24) is 14.9 Å². The number of carbonyl (C=O) groups is 1. The molecule has 0 saturated carbocycles. The maximum Gasteiger partial charge on any atom is 0.163 e. The van der Waals surface area contributed by atoms with E-state index in [1.807, 2.05) is 12.3 Å². The first-order valence-corrected chi connectivity index (χ1v) is 7.48. The number of likely N-dealkylation sites (tertiary alicyclic amines) is 1. The number of Topliss-reactive ketones (excluding diaryl/α,β-unsaturated/α-hetero) is 1. The molecule has 3 rings (SSSR count). The molecule has 1 saturated heterocycles. The molecule has 3 heterocycles. The summed E-state index contributed by atoms with van der Waals surface area (Å²) < 4.78 is 0. The van der Waals surface area contributed by atoms with Crippen molar-refractivity contribution in [3.63, 3.8) is 0 Å². The molecule has 112 valence electrons. The fraction of sp³-hybridized carbons (Fsp3) is 0.500. The molecule has 0 aliphatic carbocycles. The minimum atomic E-state index is 0.0497. The molecule has 2 atom stereocenters. The molecule has 2 aromatic heterocycles. The number of H-pyrrole nitrogens is 1. The maximum absolute atomic E-state index is 11.9. The van der Waals surface area contributed by atoms with E-state index in [9.17, 15) is 4.79 Å². The van der Waals surface area contributed by atoms with Crippen LogP contribution in [0.3, 0.4) is 0 Å². The average Bonchev–Trinajstić information content (AvgIpc) is 2.90. The highest BCUT2D eigenvalue weighted by Gasteiger charge is 2.26. The van der Waals surface area contributed by atoms with E-state index < -0.39 is 0 Å². The van der Waals surface area contributed by atoms with Crippen molar-refractivity contribution in [2.45, 2.75) is 26.3 Å². The van der Waals surface area contributed by atoms with Crippen molar-refractivity contribution in [2.24, 2.45) is 5.92 Å². The Morgan fingerprint density at radius 3 is 3.05 bits per heavy atom. The minimum Gasteiger partial charge on any atom is -0.381 e. The first-order chi connectivity index (χ1) is 10.1. The van der Waals surface area contributed by atoms with Crippen molar-refractivity contribution in [2.75, 3.05) is 25.5 Å². The minimum absolute atomic E-state index is 0.0497. The molecule has 5 nitrogen and oxygen atoms in total. The summed E-state index contributed by atoms with van der Waals surface area (Å²) in [4.78, 5) is 21.7. The van der Waals surface area contributed by atoms with E-state index >= 15 is 0 Å². The lowest BCUT2D eigenvalue weighted by Crippen LogP contribution is -2.43. The van der Waals surface area contributed by atoms with Gasteiger partial charge in [-0.25, -0.2) is 4.98 Å². The van der Waals surface area contributed by atoms with Gasteiger partial charge in [0.1, 0.15) is 5.65 Å². The van der Waals surface area contributed by atoms with Gasteiger partial charge in [0.15, 0.2) is 5.78 Å². The number of aromatic amines is 1. The highest BCUT2D eigenvalue weighted by molar-refractivity contribution is 6.06. The molecular formula is C16H22N4O. The number of aromatic nitrogens is 2. The van der Waals surface area contributed by atoms with Gasteiger partial charge in [-0.3, -0.25) is 4.79 Å². The number of carbonyl (C=O) groups excluding carboxylic acids is 1. The van der Waals surface area contributed by atoms with Crippen molar-refractivity contribution in [3.05, 3.63) is 24.0 Å². The first kappa shape index (κ1) is 14.1. The summed E-state index contributed by atoms with van der Waals surface area (Å²) in [5.41, 5.74) is 2.42. The molecular weight excluding hydrogens is 264 g/mol. The van der Waals surface area contributed by atoms with E-state index in [1.54, 1.807) is 13.1 Å². The molecule has 0 spiro atoms. The molecule has 0 bridgehead atoms. The highest BCUT2D eigenvalue weighted by Crippen LogP contribution is 2.29. The average molecular weight is 286 g/mol. The third-order valence-corrected chi connectivity index (χ3v) is 4.40. The van der Waals surface area contributed by atoms with Gasteiger partial charge in [0.05, 0.1) is 11.3 Å². The Labute approximate surface area is 124 Å². The fourth-order valence-corrected chi connectivity index (χ4v) is 3.18. The van der Waals surface area contributed by atoms with Gasteiger partial charge in [0, 0.05) is 30.4 Å². The smallest absolute Gasteiger partial charge is 0.163 e. The molecule has 1 aliphatic rings. The molecule has 1 fully saturated rings. The summed E-state index contributed by atoms with van der Waals surface area (Å²) >= 11 is 0. The molecule has 0 aromatic carbocycles. The molecule has 0 amide bonds. The monoisotopic (exact) mass is 286 g/mol. The molecule has 0 radical (unpaired) electrons. The quantitative estimate of drug-likeness (QED) is 0.851. The number of pyridine rings is 1. The van der Waals surface area contributed by atoms with E-state index in [-0.39, 0.29) is 5.78 Å². The second-order valence-electron chi connectivity index (χ2n) is 6.12. The number of hydrogen-bond acceptors (Lipinski definition) is 4. The normalized spacial score (nSPS) is 23.4. The Kier molecular flexibility index (Phi) is 3.68. The van der Waals surface area contributed by atoms with Crippen molar-refractivity contribution >= 4 is 22.5 Å². The number of fused-ring (bicyclic) bond motifs is 1. The second-order valence-corrected chi connectivity index (χ2v) is 6.12. The van der Waals surface area contributed by atoms with Crippen LogP contribution in [-0.4, -0.2) is 46.8 Å². The topological polar surface area (TPSA) is 61.0 Å². The zero-order valence-corrected chi connectivity index (χ0v) is 12.8. The molecule has 2 N–H and O–H groups in total. The van der Waals surface area contributed by atoms with Crippen LogP contribution in [-0.2, 0) is 0 Å². The number of piperidine rings is 1. The second kappa shape index (κ2) is 5.48. The van der Waals surface area contributed by atoms with Gasteiger partial charge in [0.25, 0.3) is 0 Å². The van der Waals surface area contributed by atoms with Crippen molar-refractivity contribution in [3.8, 4) is 0 Å². The zero-order valence-electron chi connectivity index (χ0n) is 12.8. The lowest BCUT2D eigenvalue weighted by atomic mass is 9.93. The van der Waals surface area contributed by atoms with Crippen molar-refractivity contribution in [1.29, 1.82) is 0 Å². The lowest BCUT2D eigenvalue weighted by Gasteiger charge is -2.36. The Balaban J connectivity index is 1.97. The Hall–Kier alpha value is -1.88. The van der Waals surface area contributed by atoms with Crippen LogP contribution < -0.4 is 5.32 Å². The molecule has 5 heteroatoms. The van der Waals surface area contributed by atoms with Crippen LogP contribution in [0.2, 0.25) is 0 Å². The van der Waals surface area contributed by atoms with Gasteiger partial charge in [-0.1, -0.05) is 6.92 Å². The standard InChI is InChI=1S/C16H22N4O/c1-10-9-20(3)7-5-14(10)19-15-12-4-6-17-16(12)18-8-13(15)11(2)21/h4,6,8,10,14H,5,7,9H2,1-3H3,(H2,17,18,19)/t10?,14-/m1/s1. The van der Waals surface area contributed by atoms with E-state index in [0.29, 0.717) is 17.5 Å². The van der Waals surface area contributed by atoms with E-state index in [2.05, 4.69) is 34.2 Å². The van der Waals surface area contributed by atoms with Crippen LogP contribution >= 0.6 is 0 Å². The number of hydrogen-bond donors (Lipinski definition) is 2. The van der Waals surface area contributed by atoms with Crippen LogP contribution in [0, 0.1) is 5.92 Å². The molecule has 21 heavy (non-hydrogen) atoms. The third kappa shape index (κ3) is 2.65. The number of ketones is 1. The van der Waals surface area contributed by atoms with Gasteiger partial charge in [-0.2, -0.15) is 0 Å². The summed E-state index contributed by atoms with van der Waals surface area (Å²) in [7, 11) is 2.16. The lowest BCUT2D eigenvalue weighted by molar-refractivity contribution is 0.101. The summed E-state index contributed by atoms with van der Waals surface area (Å²) in [6.45, 7) is 6.02. The summed E-state index contributed by atoms with van der Waals surface area (Å²) in [6, 6.07) is 2.37. The number of rotatable bonds is 3. The van der Waals surface area contributed by atoms with Crippen molar-refractivity contribution < 1.29 is 4.79 Å². The number of anilines is 1. The predicted molar refractivity (Wildman–Crippen MR) is 84.8 cm³/mol. The fourth-order valence-electron chi connectivity index (χ4n) is 3.18. The largest absolute Gasteiger partial charge is 0.381 e. The van der Waals surface area contributed by atoms with Crippen LogP contribution in [0.15, 0.2) is 18.5 Å². The van der Waals surface area contributed by atoms with Crippen LogP contribution in [0.25, 0.3) is 11.0 Å². The van der Waals surface area contributed by atoms with Crippen LogP contribution in [0.5, 0.6) is 0 Å². The van der Waals surface area contributed by atoms with Gasteiger partial charge < -0.3 is 15.2 Å². The van der Waals surface area contributed by atoms with Crippen LogP contribution in [0.4, 0.5) is 5.69 Å². The number of nitrogens with one attached hydrogen (secondary N) is 2. The molecule has 2 aromatic rings. The zero-order chi connectivity index (χ0) is 15.0. The SMILES string of the molecule is CC(=O)c1cnc2[nH]ccc2c1N[C@@H]1CCN(C)CC1C. The van der Waals surface area contributed by atoms with Gasteiger partial charge in [0.2, 0.25) is 0 Å². The maximum atomic E-state index is 11.9. The third-order valence-electron chi connectivity index (χ3n) is 4.40. The molecule has 1 unspecified atom stereocenters. The van der Waals surface area contributed by atoms with E-state index in [0.717, 1.165) is 36.2 Å². The highest BCUT2D eigenvalue weighted by atomic mass is 16.1. The first-order valence-electron chi connectivity index (χ1n) is 7.48. The Morgan fingerprint density at radius 2 is 2.33 bits per heavy atom. The molecule has 1 aliphatic heterocycles. The van der Waals surface area contributed by atoms with E-state index in [1.165, 1.54) is 0 Å². The van der Waals surface area contributed by atoms with Gasteiger partial charge in [-0.05, 0) is 38.9 Å². The predicted octanol–water partition coefficient (Wildman–Crippen LogP) is 2.52. The summed E-state index contributed by atoms with van der Waals surface area (Å²) in [5, 5.41) is 4.62. The Bertz CT molecular complexity index is 663. The number of nitrogens with zero attached hydrogens (tertiary/aromatic N) is 2. The Morgan fingerprint density at radius 1 is 1.52 bits per heavy atom. The van der Waals surface area contributed by atoms with Gasteiger partial charge >= 0.3 is 0 Å². The van der Waals surface area contributed by atoms with Gasteiger partial charge in [-0.15, -0.1) is 0 Å². The van der Waals surface area contributed by atoms with Crippen LogP contribution in [0.1, 0.15) is 30.6 Å².